The molecule has 0 radical (unpaired) electrons. The van der Waals surface area contributed by atoms with Crippen molar-refractivity contribution in [2.75, 3.05) is 0 Å². The molecule has 5 atom stereocenters. The van der Waals surface area contributed by atoms with Crippen LogP contribution in [0.4, 0.5) is 0 Å². The first-order valence-electron chi connectivity index (χ1n) is 3.76. The van der Waals surface area contributed by atoms with Gasteiger partial charge in [0.15, 0.2) is 0 Å². The van der Waals surface area contributed by atoms with Crippen molar-refractivity contribution < 1.29 is 20.4 Å². The first-order chi connectivity index (χ1) is 5.04. The van der Waals surface area contributed by atoms with Crippen molar-refractivity contribution in [2.45, 2.75) is 37.8 Å². The maximum absolute atomic E-state index is 9.23. The maximum Gasteiger partial charge on any atom is 0.106 e. The summed E-state index contributed by atoms with van der Waals surface area (Å²) in [6, 6.07) is 0. The molecule has 0 amide bonds. The second kappa shape index (κ2) is 3.06. The van der Waals surface area contributed by atoms with E-state index in [2.05, 4.69) is 0 Å². The molecule has 4 N–H and O–H groups in total. The molecule has 1 rings (SSSR count). The smallest absolute Gasteiger partial charge is 0.106 e. The number of rotatable bonds is 1. The van der Waals surface area contributed by atoms with E-state index in [0.717, 1.165) is 0 Å². The number of aliphatic hydroxyl groups is 4. The van der Waals surface area contributed by atoms with Gasteiger partial charge in [-0.3, -0.25) is 0 Å². The van der Waals surface area contributed by atoms with Crippen LogP contribution in [0.2, 0.25) is 0 Å². The molecule has 1 saturated carbocycles. The lowest BCUT2D eigenvalue weighted by molar-refractivity contribution is -0.0389. The van der Waals surface area contributed by atoms with Gasteiger partial charge in [-0.25, -0.2) is 0 Å². The zero-order valence-electron chi connectivity index (χ0n) is 6.38. The summed E-state index contributed by atoms with van der Waals surface area (Å²) in [6.45, 7) is 1.54. The molecule has 66 valence electrons. The molecule has 0 aromatic carbocycles. The van der Waals surface area contributed by atoms with E-state index < -0.39 is 30.3 Å². The van der Waals surface area contributed by atoms with Crippen LogP contribution in [-0.4, -0.2) is 44.8 Å². The van der Waals surface area contributed by atoms with Crippen molar-refractivity contribution >= 4 is 0 Å². The first-order valence-corrected chi connectivity index (χ1v) is 3.76. The van der Waals surface area contributed by atoms with Crippen molar-refractivity contribution in [1.29, 1.82) is 0 Å². The van der Waals surface area contributed by atoms with Crippen LogP contribution in [0, 0.1) is 5.92 Å². The van der Waals surface area contributed by atoms with Crippen LogP contribution in [0.15, 0.2) is 0 Å². The van der Waals surface area contributed by atoms with Crippen LogP contribution >= 0.6 is 0 Å². The van der Waals surface area contributed by atoms with Gasteiger partial charge in [0.1, 0.15) is 6.10 Å². The normalized spacial score (nSPS) is 47.7. The Kier molecular flexibility index (Phi) is 2.49. The summed E-state index contributed by atoms with van der Waals surface area (Å²) in [5.41, 5.74) is 0. The minimum Gasteiger partial charge on any atom is -0.393 e. The van der Waals surface area contributed by atoms with E-state index in [1.54, 1.807) is 6.92 Å². The number of hydrogen-bond acceptors (Lipinski definition) is 4. The molecular formula is C7H14O4. The van der Waals surface area contributed by atoms with E-state index >= 15 is 0 Å². The minimum atomic E-state index is -1.10. The van der Waals surface area contributed by atoms with Gasteiger partial charge in [-0.2, -0.15) is 0 Å². The van der Waals surface area contributed by atoms with E-state index in [1.165, 1.54) is 0 Å². The van der Waals surface area contributed by atoms with Crippen molar-refractivity contribution in [2.24, 2.45) is 5.92 Å². The predicted octanol–water partition coefficient (Wildman–Crippen LogP) is -1.53. The fourth-order valence-electron chi connectivity index (χ4n) is 1.52. The van der Waals surface area contributed by atoms with Crippen LogP contribution < -0.4 is 0 Å². The highest BCUT2D eigenvalue weighted by atomic mass is 16.4. The lowest BCUT2D eigenvalue weighted by atomic mass is 10.00. The third kappa shape index (κ3) is 1.54. The second-order valence-electron chi connectivity index (χ2n) is 3.19. The molecule has 0 spiro atoms. The van der Waals surface area contributed by atoms with Gasteiger partial charge in [0.25, 0.3) is 0 Å². The summed E-state index contributed by atoms with van der Waals surface area (Å²) in [5, 5.41) is 36.4. The maximum atomic E-state index is 9.23. The van der Waals surface area contributed by atoms with Crippen LogP contribution in [0.3, 0.4) is 0 Å². The van der Waals surface area contributed by atoms with E-state index in [0.29, 0.717) is 0 Å². The first kappa shape index (κ1) is 8.93. The molecule has 4 heteroatoms. The average Bonchev–Trinajstić information content (AvgIpc) is 2.17. The number of hydrogen-bond donors (Lipinski definition) is 4. The van der Waals surface area contributed by atoms with Gasteiger partial charge in [-0.1, -0.05) is 0 Å². The largest absolute Gasteiger partial charge is 0.393 e. The second-order valence-corrected chi connectivity index (χ2v) is 3.19. The Balaban J connectivity index is 2.59. The minimum absolute atomic E-state index is 0.264. The van der Waals surface area contributed by atoms with Crippen molar-refractivity contribution in [3.63, 3.8) is 0 Å². The molecule has 1 aliphatic carbocycles. The zero-order chi connectivity index (χ0) is 8.59. The predicted molar refractivity (Wildman–Crippen MR) is 37.8 cm³/mol. The van der Waals surface area contributed by atoms with E-state index in [-0.39, 0.29) is 6.42 Å². The van der Waals surface area contributed by atoms with E-state index in [1.807, 2.05) is 0 Å². The topological polar surface area (TPSA) is 80.9 Å². The van der Waals surface area contributed by atoms with Gasteiger partial charge in [0.05, 0.1) is 18.3 Å². The highest BCUT2D eigenvalue weighted by molar-refractivity contribution is 4.92. The zero-order valence-corrected chi connectivity index (χ0v) is 6.38. The van der Waals surface area contributed by atoms with Gasteiger partial charge in [0.2, 0.25) is 0 Å². The fourth-order valence-corrected chi connectivity index (χ4v) is 1.52. The molecule has 0 heterocycles. The highest BCUT2D eigenvalue weighted by Gasteiger charge is 2.42. The SMILES string of the molecule is C[C@H](O)[C@H]1C[C@H](O)[C@H](O)[C@H]1O. The summed E-state index contributed by atoms with van der Waals surface area (Å²) < 4.78 is 0. The summed E-state index contributed by atoms with van der Waals surface area (Å²) in [7, 11) is 0. The molecule has 0 unspecified atom stereocenters. The molecule has 0 aromatic heterocycles. The summed E-state index contributed by atoms with van der Waals surface area (Å²) >= 11 is 0. The quantitative estimate of drug-likeness (QED) is 0.377. The van der Waals surface area contributed by atoms with Crippen molar-refractivity contribution in [3.8, 4) is 0 Å². The Bertz CT molecular complexity index is 136. The Morgan fingerprint density at radius 2 is 1.73 bits per heavy atom. The molecule has 4 nitrogen and oxygen atoms in total. The van der Waals surface area contributed by atoms with Gasteiger partial charge in [0, 0.05) is 5.92 Å². The molecule has 0 bridgehead atoms. The molecular weight excluding hydrogens is 148 g/mol. The molecule has 1 fully saturated rings. The van der Waals surface area contributed by atoms with E-state index in [9.17, 15) is 5.11 Å². The Morgan fingerprint density at radius 3 is 1.91 bits per heavy atom. The fraction of sp³-hybridized carbons (Fsp3) is 1.00. The van der Waals surface area contributed by atoms with Crippen LogP contribution in [0.1, 0.15) is 13.3 Å². The van der Waals surface area contributed by atoms with Crippen molar-refractivity contribution in [3.05, 3.63) is 0 Å². The van der Waals surface area contributed by atoms with Gasteiger partial charge in [-0.05, 0) is 13.3 Å². The summed E-state index contributed by atoms with van der Waals surface area (Å²) in [4.78, 5) is 0. The van der Waals surface area contributed by atoms with Gasteiger partial charge in [-0.15, -0.1) is 0 Å². The molecule has 0 aliphatic heterocycles. The van der Waals surface area contributed by atoms with Crippen LogP contribution in [0.25, 0.3) is 0 Å². The summed E-state index contributed by atoms with van der Waals surface area (Å²) in [5.74, 6) is -0.403. The lowest BCUT2D eigenvalue weighted by Crippen LogP contribution is -2.33. The Labute approximate surface area is 65.1 Å². The molecule has 11 heavy (non-hydrogen) atoms. The number of aliphatic hydroxyl groups excluding tert-OH is 4. The van der Waals surface area contributed by atoms with Gasteiger partial charge < -0.3 is 20.4 Å². The van der Waals surface area contributed by atoms with E-state index in [4.69, 9.17) is 15.3 Å². The van der Waals surface area contributed by atoms with Crippen LogP contribution in [-0.2, 0) is 0 Å². The monoisotopic (exact) mass is 162 g/mol. The Hall–Kier alpha value is -0.160. The highest BCUT2D eigenvalue weighted by Crippen LogP contribution is 2.28. The average molecular weight is 162 g/mol. The third-order valence-corrected chi connectivity index (χ3v) is 2.32. The third-order valence-electron chi connectivity index (χ3n) is 2.32. The molecule has 0 saturated heterocycles. The standard InChI is InChI=1S/C7H14O4/c1-3(8)4-2-5(9)7(11)6(4)10/h3-11H,2H2,1H3/t3-,4+,5-,6-,7-/m0/s1. The molecule has 1 aliphatic rings. The Morgan fingerprint density at radius 1 is 1.18 bits per heavy atom. The lowest BCUT2D eigenvalue weighted by Gasteiger charge is -2.17. The molecule has 0 aromatic rings. The van der Waals surface area contributed by atoms with Crippen LogP contribution in [0.5, 0.6) is 0 Å². The summed E-state index contributed by atoms with van der Waals surface area (Å²) in [6.07, 6.45) is -3.42. The van der Waals surface area contributed by atoms with Gasteiger partial charge >= 0.3 is 0 Å². The van der Waals surface area contributed by atoms with Crippen molar-refractivity contribution in [1.82, 2.24) is 0 Å².